The van der Waals surface area contributed by atoms with Gasteiger partial charge < -0.3 is 10.2 Å². The summed E-state index contributed by atoms with van der Waals surface area (Å²) < 4.78 is 1.69. The van der Waals surface area contributed by atoms with Crippen molar-refractivity contribution in [2.75, 3.05) is 6.54 Å². The standard InChI is InChI=1S/C13H19ClN4O2/c1-4-8-12(14)10(17(3)16-8)7-18-9(5-2)13(20)15-6-11(18)19/h9H,4-7H2,1-3H3,(H,15,20). The van der Waals surface area contributed by atoms with Gasteiger partial charge in [0.15, 0.2) is 0 Å². The van der Waals surface area contributed by atoms with Crippen LogP contribution in [0.5, 0.6) is 0 Å². The van der Waals surface area contributed by atoms with Gasteiger partial charge in [-0.1, -0.05) is 25.4 Å². The Bertz CT molecular complexity index is 541. The third-order valence-electron chi connectivity index (χ3n) is 3.62. The molecule has 1 aliphatic heterocycles. The summed E-state index contributed by atoms with van der Waals surface area (Å²) in [6.45, 7) is 4.23. The number of hydrogen-bond donors (Lipinski definition) is 1. The zero-order valence-electron chi connectivity index (χ0n) is 11.9. The van der Waals surface area contributed by atoms with Crippen molar-refractivity contribution in [1.82, 2.24) is 20.0 Å². The van der Waals surface area contributed by atoms with Gasteiger partial charge >= 0.3 is 0 Å². The van der Waals surface area contributed by atoms with E-state index in [0.717, 1.165) is 17.8 Å². The molecule has 7 heteroatoms. The summed E-state index contributed by atoms with van der Waals surface area (Å²) in [4.78, 5) is 25.5. The Hall–Kier alpha value is -1.56. The van der Waals surface area contributed by atoms with Gasteiger partial charge in [0.1, 0.15) is 6.04 Å². The molecule has 2 amide bonds. The van der Waals surface area contributed by atoms with Crippen molar-refractivity contribution < 1.29 is 9.59 Å². The van der Waals surface area contributed by atoms with E-state index in [0.29, 0.717) is 18.0 Å². The molecule has 110 valence electrons. The molecule has 1 saturated heterocycles. The molecule has 0 aliphatic carbocycles. The summed E-state index contributed by atoms with van der Waals surface area (Å²) in [5.41, 5.74) is 1.58. The molecule has 1 atom stereocenters. The van der Waals surface area contributed by atoms with E-state index in [2.05, 4.69) is 10.4 Å². The van der Waals surface area contributed by atoms with E-state index in [9.17, 15) is 9.59 Å². The average molecular weight is 299 g/mol. The first kappa shape index (κ1) is 14.8. The predicted octanol–water partition coefficient (Wildman–Crippen LogP) is 0.873. The van der Waals surface area contributed by atoms with Gasteiger partial charge in [-0.3, -0.25) is 14.3 Å². The minimum atomic E-state index is -0.438. The number of nitrogens with one attached hydrogen (secondary N) is 1. The Morgan fingerprint density at radius 3 is 2.65 bits per heavy atom. The minimum absolute atomic E-state index is 0.0471. The number of nitrogens with zero attached hydrogens (tertiary/aromatic N) is 3. The Balaban J connectivity index is 2.29. The maximum Gasteiger partial charge on any atom is 0.243 e. The first-order valence-electron chi connectivity index (χ1n) is 6.77. The average Bonchev–Trinajstić information content (AvgIpc) is 2.70. The van der Waals surface area contributed by atoms with Gasteiger partial charge in [-0.15, -0.1) is 0 Å². The SMILES string of the molecule is CCc1nn(C)c(CN2C(=O)CNC(=O)C2CC)c1Cl. The normalized spacial score (nSPS) is 19.4. The summed E-state index contributed by atoms with van der Waals surface area (Å²) in [5, 5.41) is 7.53. The molecule has 0 spiro atoms. The fraction of sp³-hybridized carbons (Fsp3) is 0.615. The summed E-state index contributed by atoms with van der Waals surface area (Å²) in [6.07, 6.45) is 1.31. The van der Waals surface area contributed by atoms with Crippen molar-refractivity contribution >= 4 is 23.4 Å². The molecule has 1 aliphatic rings. The van der Waals surface area contributed by atoms with E-state index in [1.54, 1.807) is 16.6 Å². The Labute approximate surface area is 123 Å². The molecule has 1 aromatic rings. The van der Waals surface area contributed by atoms with E-state index in [4.69, 9.17) is 11.6 Å². The Kier molecular flexibility index (Phi) is 4.32. The van der Waals surface area contributed by atoms with Crippen LogP contribution < -0.4 is 5.32 Å². The van der Waals surface area contributed by atoms with Crippen molar-refractivity contribution in [3.63, 3.8) is 0 Å². The third-order valence-corrected chi connectivity index (χ3v) is 4.06. The maximum atomic E-state index is 12.1. The van der Waals surface area contributed by atoms with Crippen LogP contribution in [0.4, 0.5) is 0 Å². The molecule has 2 heterocycles. The zero-order chi connectivity index (χ0) is 14.9. The van der Waals surface area contributed by atoms with Crippen LogP contribution in [0.1, 0.15) is 31.7 Å². The topological polar surface area (TPSA) is 67.2 Å². The van der Waals surface area contributed by atoms with Crippen LogP contribution in [-0.4, -0.2) is 39.1 Å². The van der Waals surface area contributed by atoms with Crippen LogP contribution in [0.2, 0.25) is 5.02 Å². The number of rotatable bonds is 4. The molecule has 0 aromatic carbocycles. The largest absolute Gasteiger partial charge is 0.345 e. The lowest BCUT2D eigenvalue weighted by Gasteiger charge is -2.34. The van der Waals surface area contributed by atoms with E-state index in [1.165, 1.54) is 0 Å². The second-order valence-electron chi connectivity index (χ2n) is 4.85. The van der Waals surface area contributed by atoms with Gasteiger partial charge in [0, 0.05) is 7.05 Å². The van der Waals surface area contributed by atoms with E-state index in [-0.39, 0.29) is 18.4 Å². The summed E-state index contributed by atoms with van der Waals surface area (Å²) in [6, 6.07) is -0.438. The second-order valence-corrected chi connectivity index (χ2v) is 5.23. The van der Waals surface area contributed by atoms with E-state index < -0.39 is 6.04 Å². The molecule has 0 radical (unpaired) electrons. The number of hydrogen-bond acceptors (Lipinski definition) is 3. The first-order chi connectivity index (χ1) is 9.49. The lowest BCUT2D eigenvalue weighted by Crippen LogP contribution is -2.57. The number of carbonyl (C=O) groups is 2. The van der Waals surface area contributed by atoms with Crippen molar-refractivity contribution in [3.05, 3.63) is 16.4 Å². The van der Waals surface area contributed by atoms with Crippen LogP contribution in [-0.2, 0) is 29.6 Å². The fourth-order valence-corrected chi connectivity index (χ4v) is 2.81. The van der Waals surface area contributed by atoms with Gasteiger partial charge in [-0.25, -0.2) is 0 Å². The van der Waals surface area contributed by atoms with E-state index in [1.807, 2.05) is 13.8 Å². The predicted molar refractivity (Wildman–Crippen MR) is 75.2 cm³/mol. The summed E-state index contributed by atoms with van der Waals surface area (Å²) in [7, 11) is 1.80. The lowest BCUT2D eigenvalue weighted by atomic mass is 10.1. The molecule has 0 bridgehead atoms. The van der Waals surface area contributed by atoms with Crippen molar-refractivity contribution in [1.29, 1.82) is 0 Å². The van der Waals surface area contributed by atoms with Gasteiger partial charge in [-0.2, -0.15) is 5.10 Å². The van der Waals surface area contributed by atoms with Gasteiger partial charge in [-0.05, 0) is 12.8 Å². The van der Waals surface area contributed by atoms with Crippen LogP contribution in [0.3, 0.4) is 0 Å². The van der Waals surface area contributed by atoms with Gasteiger partial charge in [0.25, 0.3) is 0 Å². The van der Waals surface area contributed by atoms with Crippen LogP contribution in [0.15, 0.2) is 0 Å². The highest BCUT2D eigenvalue weighted by atomic mass is 35.5. The Morgan fingerprint density at radius 2 is 2.10 bits per heavy atom. The Morgan fingerprint density at radius 1 is 1.40 bits per heavy atom. The molecule has 1 N–H and O–H groups in total. The van der Waals surface area contributed by atoms with Gasteiger partial charge in [0.05, 0.1) is 29.5 Å². The molecule has 1 unspecified atom stereocenters. The van der Waals surface area contributed by atoms with Crippen molar-refractivity contribution in [3.8, 4) is 0 Å². The summed E-state index contributed by atoms with van der Waals surface area (Å²) in [5.74, 6) is -0.201. The minimum Gasteiger partial charge on any atom is -0.345 e. The van der Waals surface area contributed by atoms with Crippen molar-refractivity contribution in [2.24, 2.45) is 7.05 Å². The smallest absolute Gasteiger partial charge is 0.243 e. The molecule has 20 heavy (non-hydrogen) atoms. The maximum absolute atomic E-state index is 12.1. The van der Waals surface area contributed by atoms with Crippen LogP contribution in [0.25, 0.3) is 0 Å². The van der Waals surface area contributed by atoms with Crippen molar-refractivity contribution in [2.45, 2.75) is 39.3 Å². The molecule has 6 nitrogen and oxygen atoms in total. The van der Waals surface area contributed by atoms with Gasteiger partial charge in [0.2, 0.25) is 11.8 Å². The molecular formula is C13H19ClN4O2. The number of amides is 2. The highest BCUT2D eigenvalue weighted by Crippen LogP contribution is 2.24. The summed E-state index contributed by atoms with van der Waals surface area (Å²) >= 11 is 6.30. The highest BCUT2D eigenvalue weighted by Gasteiger charge is 2.34. The third kappa shape index (κ3) is 2.52. The molecule has 2 rings (SSSR count). The van der Waals surface area contributed by atoms with Crippen LogP contribution in [0, 0.1) is 0 Å². The molecule has 1 fully saturated rings. The number of aromatic nitrogens is 2. The van der Waals surface area contributed by atoms with E-state index >= 15 is 0 Å². The molecule has 0 saturated carbocycles. The fourth-order valence-electron chi connectivity index (χ4n) is 2.45. The quantitative estimate of drug-likeness (QED) is 0.897. The molecular weight excluding hydrogens is 280 g/mol. The second kappa shape index (κ2) is 5.83. The number of aryl methyl sites for hydroxylation is 2. The number of carbonyl (C=O) groups excluding carboxylic acids is 2. The lowest BCUT2D eigenvalue weighted by molar-refractivity contribution is -0.146. The zero-order valence-corrected chi connectivity index (χ0v) is 12.7. The first-order valence-corrected chi connectivity index (χ1v) is 7.14. The number of halogens is 1. The monoisotopic (exact) mass is 298 g/mol. The highest BCUT2D eigenvalue weighted by molar-refractivity contribution is 6.31. The van der Waals surface area contributed by atoms with Crippen LogP contribution >= 0.6 is 11.6 Å². The molecule has 1 aromatic heterocycles. The number of piperazine rings is 1.